The number of halogens is 2. The van der Waals surface area contributed by atoms with E-state index in [0.717, 1.165) is 5.69 Å². The van der Waals surface area contributed by atoms with E-state index in [1.54, 1.807) is 23.2 Å². The lowest BCUT2D eigenvalue weighted by Crippen LogP contribution is -2.48. The van der Waals surface area contributed by atoms with Crippen molar-refractivity contribution < 1.29 is 13.6 Å². The van der Waals surface area contributed by atoms with Gasteiger partial charge in [0.05, 0.1) is 6.54 Å². The average molecular weight is 411 g/mol. The summed E-state index contributed by atoms with van der Waals surface area (Å²) in [6.07, 6.45) is 4.35. The molecule has 0 spiro atoms. The molecule has 8 nitrogen and oxygen atoms in total. The third-order valence-corrected chi connectivity index (χ3v) is 4.64. The van der Waals surface area contributed by atoms with E-state index < -0.39 is 11.6 Å². The molecular weight excluding hydrogens is 392 g/mol. The largest absolute Gasteiger partial charge is 0.363 e. The van der Waals surface area contributed by atoms with E-state index in [1.165, 1.54) is 18.6 Å². The van der Waals surface area contributed by atoms with Crippen LogP contribution in [0.25, 0.3) is 11.3 Å². The zero-order valence-corrected chi connectivity index (χ0v) is 16.2. The van der Waals surface area contributed by atoms with Crippen LogP contribution in [0.15, 0.2) is 36.9 Å². The smallest absolute Gasteiger partial charge is 0.239 e. The summed E-state index contributed by atoms with van der Waals surface area (Å²) in [6.45, 7) is 2.83. The van der Waals surface area contributed by atoms with E-state index in [1.807, 2.05) is 6.92 Å². The van der Waals surface area contributed by atoms with E-state index in [4.69, 9.17) is 0 Å². The highest BCUT2D eigenvalue weighted by Crippen LogP contribution is 2.24. The van der Waals surface area contributed by atoms with Gasteiger partial charge in [-0.05, 0) is 30.7 Å². The Labute approximate surface area is 171 Å². The monoisotopic (exact) mass is 411 g/mol. The molecule has 0 bridgehead atoms. The summed E-state index contributed by atoms with van der Waals surface area (Å²) in [6, 6.07) is 4.79. The standard InChI is InChI=1S/C20H19F2N7O/c1-12-6-14(2-3-23-12)18-15(21)7-13(8-25-18)9-26-19-17(22)20(28-11-27-19)29-5-4-24-16(30)10-29/h2-3,6-8,11H,4-5,9-10H2,1H3,(H,24,30)(H,26,27,28). The van der Waals surface area contributed by atoms with E-state index in [0.29, 0.717) is 24.2 Å². The van der Waals surface area contributed by atoms with Gasteiger partial charge in [-0.15, -0.1) is 0 Å². The van der Waals surface area contributed by atoms with Gasteiger partial charge in [0.2, 0.25) is 11.7 Å². The number of amides is 1. The molecule has 0 saturated carbocycles. The Balaban J connectivity index is 1.49. The molecule has 1 fully saturated rings. The molecule has 10 heteroatoms. The van der Waals surface area contributed by atoms with Gasteiger partial charge >= 0.3 is 0 Å². The topological polar surface area (TPSA) is 95.9 Å². The third kappa shape index (κ3) is 4.17. The van der Waals surface area contributed by atoms with Crippen molar-refractivity contribution in [2.45, 2.75) is 13.5 Å². The lowest BCUT2D eigenvalue weighted by atomic mass is 10.1. The highest BCUT2D eigenvalue weighted by atomic mass is 19.1. The Hall–Kier alpha value is -3.69. The maximum absolute atomic E-state index is 14.8. The van der Waals surface area contributed by atoms with E-state index in [2.05, 4.69) is 30.6 Å². The number of anilines is 2. The molecule has 0 aromatic carbocycles. The second kappa shape index (κ2) is 8.36. The number of nitrogens with zero attached hydrogens (tertiary/aromatic N) is 5. The molecule has 0 aliphatic carbocycles. The van der Waals surface area contributed by atoms with Gasteiger partial charge in [0, 0.05) is 43.3 Å². The molecule has 4 heterocycles. The number of aryl methyl sites for hydroxylation is 1. The summed E-state index contributed by atoms with van der Waals surface area (Å²) in [7, 11) is 0. The molecule has 30 heavy (non-hydrogen) atoms. The number of rotatable bonds is 5. The minimum atomic E-state index is -0.662. The van der Waals surface area contributed by atoms with Crippen LogP contribution in [0.3, 0.4) is 0 Å². The molecule has 0 atom stereocenters. The molecule has 0 radical (unpaired) electrons. The summed E-state index contributed by atoms with van der Waals surface area (Å²) < 4.78 is 29.4. The predicted octanol–water partition coefficient (Wildman–Crippen LogP) is 2.07. The molecule has 1 amide bonds. The van der Waals surface area contributed by atoms with Crippen LogP contribution >= 0.6 is 0 Å². The van der Waals surface area contributed by atoms with Gasteiger partial charge in [-0.1, -0.05) is 0 Å². The van der Waals surface area contributed by atoms with Gasteiger partial charge in [0.15, 0.2) is 11.6 Å². The third-order valence-electron chi connectivity index (χ3n) is 4.64. The van der Waals surface area contributed by atoms with Crippen molar-refractivity contribution in [1.82, 2.24) is 25.3 Å². The average Bonchev–Trinajstić information content (AvgIpc) is 2.73. The minimum Gasteiger partial charge on any atom is -0.363 e. The number of piperazine rings is 1. The van der Waals surface area contributed by atoms with Gasteiger partial charge in [0.1, 0.15) is 17.8 Å². The van der Waals surface area contributed by atoms with Crippen molar-refractivity contribution in [3.05, 3.63) is 59.8 Å². The number of carbonyl (C=O) groups excluding carboxylic acids is 1. The molecule has 3 aromatic heterocycles. The molecule has 1 saturated heterocycles. The maximum atomic E-state index is 14.8. The van der Waals surface area contributed by atoms with Crippen LogP contribution < -0.4 is 15.5 Å². The van der Waals surface area contributed by atoms with Crippen LogP contribution in [0, 0.1) is 18.6 Å². The number of aromatic nitrogens is 4. The van der Waals surface area contributed by atoms with Gasteiger partial charge < -0.3 is 15.5 Å². The molecule has 0 unspecified atom stereocenters. The van der Waals surface area contributed by atoms with Crippen LogP contribution in [-0.4, -0.2) is 45.5 Å². The normalized spacial score (nSPS) is 13.8. The Kier molecular flexibility index (Phi) is 5.46. The van der Waals surface area contributed by atoms with Crippen LogP contribution in [-0.2, 0) is 11.3 Å². The zero-order chi connectivity index (χ0) is 21.1. The molecule has 154 valence electrons. The minimum absolute atomic E-state index is 0.0262. The molecule has 4 rings (SSSR count). The summed E-state index contributed by atoms with van der Waals surface area (Å²) in [4.78, 5) is 29.3. The fourth-order valence-corrected chi connectivity index (χ4v) is 3.19. The number of pyridine rings is 2. The summed E-state index contributed by atoms with van der Waals surface area (Å²) in [5.74, 6) is -1.32. The fourth-order valence-electron chi connectivity index (χ4n) is 3.19. The lowest BCUT2D eigenvalue weighted by molar-refractivity contribution is -0.120. The number of nitrogens with one attached hydrogen (secondary N) is 2. The van der Waals surface area contributed by atoms with Crippen molar-refractivity contribution in [2.24, 2.45) is 0 Å². The van der Waals surface area contributed by atoms with Crippen molar-refractivity contribution >= 4 is 17.5 Å². The second-order valence-electron chi connectivity index (χ2n) is 6.84. The van der Waals surface area contributed by atoms with Gasteiger partial charge in [-0.3, -0.25) is 14.8 Å². The van der Waals surface area contributed by atoms with Crippen LogP contribution in [0.4, 0.5) is 20.4 Å². The highest BCUT2D eigenvalue weighted by molar-refractivity contribution is 5.82. The predicted molar refractivity (Wildman–Crippen MR) is 107 cm³/mol. The number of carbonyl (C=O) groups is 1. The molecule has 3 aromatic rings. The molecule has 2 N–H and O–H groups in total. The van der Waals surface area contributed by atoms with Crippen LogP contribution in [0.1, 0.15) is 11.3 Å². The van der Waals surface area contributed by atoms with Crippen molar-refractivity contribution in [3.63, 3.8) is 0 Å². The van der Waals surface area contributed by atoms with Crippen LogP contribution in [0.2, 0.25) is 0 Å². The molecule has 1 aliphatic heterocycles. The lowest BCUT2D eigenvalue weighted by Gasteiger charge is -2.27. The maximum Gasteiger partial charge on any atom is 0.239 e. The van der Waals surface area contributed by atoms with Crippen LogP contribution in [0.5, 0.6) is 0 Å². The van der Waals surface area contributed by atoms with E-state index in [-0.39, 0.29) is 36.3 Å². The van der Waals surface area contributed by atoms with Gasteiger partial charge in [0.25, 0.3) is 0 Å². The first-order valence-corrected chi connectivity index (χ1v) is 9.34. The van der Waals surface area contributed by atoms with Gasteiger partial charge in [-0.25, -0.2) is 14.4 Å². The quantitative estimate of drug-likeness (QED) is 0.664. The Morgan fingerprint density at radius 2 is 2.07 bits per heavy atom. The first-order chi connectivity index (χ1) is 14.5. The van der Waals surface area contributed by atoms with Crippen molar-refractivity contribution in [1.29, 1.82) is 0 Å². The van der Waals surface area contributed by atoms with E-state index in [9.17, 15) is 13.6 Å². The van der Waals surface area contributed by atoms with E-state index >= 15 is 0 Å². The SMILES string of the molecule is Cc1cc(-c2ncc(CNc3ncnc(N4CCNC(=O)C4)c3F)cc2F)ccn1. The first-order valence-electron chi connectivity index (χ1n) is 9.34. The number of hydrogen-bond donors (Lipinski definition) is 2. The Morgan fingerprint density at radius 3 is 2.83 bits per heavy atom. The molecular formula is C20H19F2N7O. The zero-order valence-electron chi connectivity index (χ0n) is 16.2. The van der Waals surface area contributed by atoms with Crippen molar-refractivity contribution in [2.75, 3.05) is 29.9 Å². The van der Waals surface area contributed by atoms with Crippen molar-refractivity contribution in [3.8, 4) is 11.3 Å². The highest BCUT2D eigenvalue weighted by Gasteiger charge is 2.22. The number of hydrogen-bond acceptors (Lipinski definition) is 7. The van der Waals surface area contributed by atoms with Gasteiger partial charge in [-0.2, -0.15) is 4.39 Å². The summed E-state index contributed by atoms with van der Waals surface area (Å²) >= 11 is 0. The second-order valence-corrected chi connectivity index (χ2v) is 6.84. The summed E-state index contributed by atoms with van der Waals surface area (Å²) in [5.41, 5.74) is 2.15. The Bertz CT molecular complexity index is 1090. The Morgan fingerprint density at radius 1 is 1.20 bits per heavy atom. The first kappa shape index (κ1) is 19.6. The molecule has 1 aliphatic rings. The summed E-state index contributed by atoms with van der Waals surface area (Å²) in [5, 5.41) is 5.52. The fraction of sp³-hybridized carbons (Fsp3) is 0.250.